The summed E-state index contributed by atoms with van der Waals surface area (Å²) in [6.07, 6.45) is 5.81. The number of benzene rings is 1. The summed E-state index contributed by atoms with van der Waals surface area (Å²) < 4.78 is 14.0. The van der Waals surface area contributed by atoms with E-state index < -0.39 is 0 Å². The maximum Gasteiger partial charge on any atom is 0.183 e. The minimum absolute atomic E-state index is 0.226. The van der Waals surface area contributed by atoms with Crippen LogP contribution in [0.5, 0.6) is 0 Å². The van der Waals surface area contributed by atoms with Crippen LogP contribution in [0.4, 0.5) is 9.52 Å². The fraction of sp³-hybridized carbons (Fsp3) is 0.462. The molecule has 0 saturated heterocycles. The van der Waals surface area contributed by atoms with E-state index in [1.54, 1.807) is 17.4 Å². The van der Waals surface area contributed by atoms with Gasteiger partial charge >= 0.3 is 0 Å². The van der Waals surface area contributed by atoms with Crippen molar-refractivity contribution < 1.29 is 4.39 Å². The number of halogens is 1. The molecule has 18 heavy (non-hydrogen) atoms. The van der Waals surface area contributed by atoms with E-state index in [0.29, 0.717) is 0 Å². The number of rotatable bonds is 7. The van der Waals surface area contributed by atoms with E-state index in [2.05, 4.69) is 16.6 Å². The van der Waals surface area contributed by atoms with Gasteiger partial charge in [-0.05, 0) is 37.0 Å². The highest BCUT2D eigenvalue weighted by molar-refractivity contribution is 7.98. The smallest absolute Gasteiger partial charge is 0.183 e. The molecule has 0 aliphatic rings. The van der Waals surface area contributed by atoms with Gasteiger partial charge in [-0.15, -0.1) is 0 Å². The number of anilines is 1. The highest BCUT2D eigenvalue weighted by Gasteiger charge is 2.03. The standard InChI is InChI=1S/C13H17FN2S2/c1-17-8-4-2-3-7-15-13-16-11-9-10(14)5-6-12(11)18-13/h5-6,9H,2-4,7-8H2,1H3,(H,15,16). The predicted molar refractivity (Wildman–Crippen MR) is 80.3 cm³/mol. The van der Waals surface area contributed by atoms with E-state index in [1.807, 2.05) is 11.8 Å². The third-order valence-corrected chi connectivity index (χ3v) is 4.34. The lowest BCUT2D eigenvalue weighted by atomic mass is 10.2. The Morgan fingerprint density at radius 2 is 2.22 bits per heavy atom. The highest BCUT2D eigenvalue weighted by atomic mass is 32.2. The summed E-state index contributed by atoms with van der Waals surface area (Å²) in [5, 5.41) is 4.20. The Balaban J connectivity index is 1.81. The van der Waals surface area contributed by atoms with Crippen molar-refractivity contribution in [1.29, 1.82) is 0 Å². The van der Waals surface area contributed by atoms with Gasteiger partial charge in [-0.1, -0.05) is 17.8 Å². The van der Waals surface area contributed by atoms with Gasteiger partial charge in [0.2, 0.25) is 0 Å². The van der Waals surface area contributed by atoms with Crippen molar-refractivity contribution in [3.8, 4) is 0 Å². The van der Waals surface area contributed by atoms with E-state index in [0.717, 1.165) is 28.3 Å². The molecule has 2 aromatic rings. The topological polar surface area (TPSA) is 24.9 Å². The van der Waals surface area contributed by atoms with Crippen LogP contribution >= 0.6 is 23.1 Å². The largest absolute Gasteiger partial charge is 0.361 e. The number of hydrogen-bond acceptors (Lipinski definition) is 4. The zero-order valence-electron chi connectivity index (χ0n) is 10.4. The van der Waals surface area contributed by atoms with Crippen molar-refractivity contribution in [3.05, 3.63) is 24.0 Å². The van der Waals surface area contributed by atoms with Crippen LogP contribution < -0.4 is 5.32 Å². The number of fused-ring (bicyclic) bond motifs is 1. The molecular formula is C13H17FN2S2. The number of nitrogens with zero attached hydrogens (tertiary/aromatic N) is 1. The molecule has 1 aromatic heterocycles. The Labute approximate surface area is 115 Å². The molecule has 0 bridgehead atoms. The molecule has 0 spiro atoms. The second-order valence-corrected chi connectivity index (χ2v) is 6.13. The van der Waals surface area contributed by atoms with Gasteiger partial charge in [0.05, 0.1) is 10.2 Å². The summed E-state index contributed by atoms with van der Waals surface area (Å²) in [6.45, 7) is 0.941. The monoisotopic (exact) mass is 284 g/mol. The quantitative estimate of drug-likeness (QED) is 0.764. The molecule has 0 radical (unpaired) electrons. The van der Waals surface area contributed by atoms with Crippen molar-refractivity contribution in [2.24, 2.45) is 0 Å². The van der Waals surface area contributed by atoms with Gasteiger partial charge in [-0.2, -0.15) is 11.8 Å². The van der Waals surface area contributed by atoms with Gasteiger partial charge in [-0.3, -0.25) is 0 Å². The lowest BCUT2D eigenvalue weighted by molar-refractivity contribution is 0.629. The Hall–Kier alpha value is -0.810. The van der Waals surface area contributed by atoms with E-state index >= 15 is 0 Å². The number of aromatic nitrogens is 1. The van der Waals surface area contributed by atoms with Crippen LogP contribution in [-0.4, -0.2) is 23.5 Å². The van der Waals surface area contributed by atoms with Crippen LogP contribution in [0.3, 0.4) is 0 Å². The summed E-state index contributed by atoms with van der Waals surface area (Å²) in [5.41, 5.74) is 0.741. The molecular weight excluding hydrogens is 267 g/mol. The molecule has 1 heterocycles. The van der Waals surface area contributed by atoms with Gasteiger partial charge in [0, 0.05) is 12.6 Å². The SMILES string of the molecule is CSCCCCCNc1nc2cc(F)ccc2s1. The first kappa shape index (κ1) is 13.6. The van der Waals surface area contributed by atoms with Crippen LogP contribution in [0, 0.1) is 5.82 Å². The van der Waals surface area contributed by atoms with Gasteiger partial charge in [0.15, 0.2) is 5.13 Å². The zero-order chi connectivity index (χ0) is 12.8. The number of nitrogens with one attached hydrogen (secondary N) is 1. The van der Waals surface area contributed by atoms with Crippen molar-refractivity contribution >= 4 is 38.4 Å². The zero-order valence-corrected chi connectivity index (χ0v) is 12.0. The van der Waals surface area contributed by atoms with Gasteiger partial charge in [-0.25, -0.2) is 9.37 Å². The summed E-state index contributed by atoms with van der Waals surface area (Å²) in [6, 6.07) is 4.74. The Morgan fingerprint density at radius 1 is 1.33 bits per heavy atom. The molecule has 0 amide bonds. The molecule has 0 unspecified atom stereocenters. The van der Waals surface area contributed by atoms with Gasteiger partial charge in [0.25, 0.3) is 0 Å². The molecule has 1 aromatic carbocycles. The molecule has 98 valence electrons. The maximum atomic E-state index is 13.0. The molecule has 0 saturated carbocycles. The van der Waals surface area contributed by atoms with E-state index in [9.17, 15) is 4.39 Å². The molecule has 0 fully saturated rings. The fourth-order valence-corrected chi connectivity index (χ4v) is 3.08. The van der Waals surface area contributed by atoms with E-state index in [1.165, 1.54) is 30.7 Å². The third kappa shape index (κ3) is 3.85. The number of thioether (sulfide) groups is 1. The lowest BCUT2D eigenvalue weighted by Gasteiger charge is -2.01. The Kier molecular flexibility index (Phi) is 5.26. The number of unbranched alkanes of at least 4 members (excludes halogenated alkanes) is 2. The predicted octanol–water partition coefficient (Wildman–Crippen LogP) is 4.38. The molecule has 0 atom stereocenters. The van der Waals surface area contributed by atoms with Gasteiger partial charge < -0.3 is 5.32 Å². The van der Waals surface area contributed by atoms with Crippen LogP contribution in [0.15, 0.2) is 18.2 Å². The summed E-state index contributed by atoms with van der Waals surface area (Å²) >= 11 is 3.48. The van der Waals surface area contributed by atoms with Crippen molar-refractivity contribution in [3.63, 3.8) is 0 Å². The normalized spacial score (nSPS) is 11.0. The molecule has 0 aliphatic heterocycles. The van der Waals surface area contributed by atoms with Crippen molar-refractivity contribution in [2.75, 3.05) is 23.9 Å². The molecule has 5 heteroatoms. The number of hydrogen-bond donors (Lipinski definition) is 1. The Morgan fingerprint density at radius 3 is 3.06 bits per heavy atom. The molecule has 0 aliphatic carbocycles. The Bertz CT molecular complexity index is 499. The van der Waals surface area contributed by atoms with Crippen molar-refractivity contribution in [2.45, 2.75) is 19.3 Å². The van der Waals surface area contributed by atoms with Crippen LogP contribution in [0.1, 0.15) is 19.3 Å². The number of thiazole rings is 1. The first-order valence-corrected chi connectivity index (χ1v) is 8.29. The highest BCUT2D eigenvalue weighted by Crippen LogP contribution is 2.26. The second-order valence-electron chi connectivity index (χ2n) is 4.11. The lowest BCUT2D eigenvalue weighted by Crippen LogP contribution is -2.00. The first-order valence-electron chi connectivity index (χ1n) is 6.08. The summed E-state index contributed by atoms with van der Waals surface area (Å²) in [5.74, 6) is 1.01. The average molecular weight is 284 g/mol. The third-order valence-electron chi connectivity index (χ3n) is 2.65. The maximum absolute atomic E-state index is 13.0. The van der Waals surface area contributed by atoms with Crippen LogP contribution in [0.25, 0.3) is 10.2 Å². The molecule has 1 N–H and O–H groups in total. The van der Waals surface area contributed by atoms with Crippen LogP contribution in [-0.2, 0) is 0 Å². The van der Waals surface area contributed by atoms with E-state index in [-0.39, 0.29) is 5.82 Å². The summed E-state index contributed by atoms with van der Waals surface area (Å²) in [4.78, 5) is 4.37. The van der Waals surface area contributed by atoms with Crippen molar-refractivity contribution in [1.82, 2.24) is 4.98 Å². The molecule has 2 nitrogen and oxygen atoms in total. The summed E-state index contributed by atoms with van der Waals surface area (Å²) in [7, 11) is 0. The van der Waals surface area contributed by atoms with Crippen LogP contribution in [0.2, 0.25) is 0 Å². The van der Waals surface area contributed by atoms with Gasteiger partial charge in [0.1, 0.15) is 5.82 Å². The molecule has 2 rings (SSSR count). The fourth-order valence-electron chi connectivity index (χ4n) is 1.72. The minimum Gasteiger partial charge on any atom is -0.361 e. The average Bonchev–Trinajstić information content (AvgIpc) is 2.75. The first-order chi connectivity index (χ1) is 8.79. The second kappa shape index (κ2) is 6.95. The minimum atomic E-state index is -0.226. The van der Waals surface area contributed by atoms with E-state index in [4.69, 9.17) is 0 Å².